The van der Waals surface area contributed by atoms with E-state index in [1.54, 1.807) is 0 Å². The molecule has 0 spiro atoms. The summed E-state index contributed by atoms with van der Waals surface area (Å²) < 4.78 is 22.1. The number of allylic oxidation sites excluding steroid dienone is 1. The van der Waals surface area contributed by atoms with E-state index in [0.29, 0.717) is 18.4 Å². The van der Waals surface area contributed by atoms with Crippen molar-refractivity contribution in [2.45, 2.75) is 39.2 Å². The highest BCUT2D eigenvalue weighted by atomic mass is 35.7. The molecule has 0 aromatic carbocycles. The smallest absolute Gasteiger partial charge is 0.256 e. The third kappa shape index (κ3) is 4.07. The molecule has 1 rings (SSSR count). The Morgan fingerprint density at radius 1 is 1.56 bits per heavy atom. The zero-order valence-corrected chi connectivity index (χ0v) is 11.5. The highest BCUT2D eigenvalue weighted by Gasteiger charge is 2.24. The summed E-state index contributed by atoms with van der Waals surface area (Å²) in [5.74, 6) is 0.372. The van der Waals surface area contributed by atoms with E-state index < -0.39 is 9.05 Å². The fraction of sp³-hybridized carbons (Fsp3) is 0.818. The minimum Gasteiger partial charge on any atom is -0.301 e. The number of likely N-dealkylation sites (tertiary alicyclic amines) is 1. The molecule has 0 aromatic rings. The van der Waals surface area contributed by atoms with E-state index in [1.165, 1.54) is 0 Å². The molecule has 1 fully saturated rings. The molecule has 0 bridgehead atoms. The standard InChI is InChI=1S/C11H20ClNO2S/c1-9(2)13-6-4-5-11(8-13)7-10(3)16(12,14)15/h9,11H,3-8H2,1-2H3. The highest BCUT2D eigenvalue weighted by molar-refractivity contribution is 8.16. The molecule has 3 nitrogen and oxygen atoms in total. The molecular weight excluding hydrogens is 246 g/mol. The number of halogens is 1. The van der Waals surface area contributed by atoms with Crippen molar-refractivity contribution in [3.8, 4) is 0 Å². The van der Waals surface area contributed by atoms with Crippen molar-refractivity contribution >= 4 is 19.7 Å². The van der Waals surface area contributed by atoms with E-state index in [1.807, 2.05) is 0 Å². The lowest BCUT2D eigenvalue weighted by Crippen LogP contribution is -2.40. The first-order chi connectivity index (χ1) is 7.30. The molecule has 0 saturated carbocycles. The van der Waals surface area contributed by atoms with E-state index in [-0.39, 0.29) is 4.91 Å². The molecular formula is C11H20ClNO2S. The van der Waals surface area contributed by atoms with Crippen LogP contribution in [0.3, 0.4) is 0 Å². The molecule has 1 aliphatic rings. The second-order valence-corrected chi connectivity index (χ2v) is 7.45. The van der Waals surface area contributed by atoms with Crippen LogP contribution in [0.25, 0.3) is 0 Å². The van der Waals surface area contributed by atoms with Crippen LogP contribution in [0.2, 0.25) is 0 Å². The molecule has 1 atom stereocenters. The SMILES string of the molecule is C=C(CC1CCCN(C(C)C)C1)S(=O)(=O)Cl. The van der Waals surface area contributed by atoms with Gasteiger partial charge in [0, 0.05) is 23.3 Å². The molecule has 5 heteroatoms. The fourth-order valence-electron chi connectivity index (χ4n) is 2.15. The monoisotopic (exact) mass is 265 g/mol. The maximum absolute atomic E-state index is 11.1. The summed E-state index contributed by atoms with van der Waals surface area (Å²) in [7, 11) is 1.68. The van der Waals surface area contributed by atoms with E-state index >= 15 is 0 Å². The Balaban J connectivity index is 2.53. The quantitative estimate of drug-likeness (QED) is 0.734. The van der Waals surface area contributed by atoms with Gasteiger partial charge in [-0.15, -0.1) is 0 Å². The van der Waals surface area contributed by atoms with Crippen LogP contribution in [0.1, 0.15) is 33.1 Å². The third-order valence-electron chi connectivity index (χ3n) is 3.14. The fourth-order valence-corrected chi connectivity index (χ4v) is 2.78. The lowest BCUT2D eigenvalue weighted by molar-refractivity contribution is 0.140. The first-order valence-electron chi connectivity index (χ1n) is 5.67. The van der Waals surface area contributed by atoms with Crippen molar-refractivity contribution in [2.24, 2.45) is 5.92 Å². The van der Waals surface area contributed by atoms with Crippen molar-refractivity contribution in [3.05, 3.63) is 11.5 Å². The van der Waals surface area contributed by atoms with Gasteiger partial charge in [-0.05, 0) is 45.6 Å². The zero-order chi connectivity index (χ0) is 12.3. The van der Waals surface area contributed by atoms with Crippen molar-refractivity contribution in [1.82, 2.24) is 4.90 Å². The van der Waals surface area contributed by atoms with Crippen LogP contribution in [-0.4, -0.2) is 32.4 Å². The van der Waals surface area contributed by atoms with E-state index in [9.17, 15) is 8.42 Å². The summed E-state index contributed by atoms with van der Waals surface area (Å²) in [5, 5.41) is 0. The van der Waals surface area contributed by atoms with Crippen LogP contribution >= 0.6 is 10.7 Å². The summed E-state index contributed by atoms with van der Waals surface area (Å²) in [4.78, 5) is 2.53. The Hall–Kier alpha value is -0.0600. The van der Waals surface area contributed by atoms with Gasteiger partial charge in [-0.3, -0.25) is 0 Å². The Labute approximate surface area is 103 Å². The predicted molar refractivity (Wildman–Crippen MR) is 68.0 cm³/mol. The summed E-state index contributed by atoms with van der Waals surface area (Å²) in [5.41, 5.74) is 0. The molecule has 1 unspecified atom stereocenters. The van der Waals surface area contributed by atoms with Crippen LogP contribution in [0.4, 0.5) is 0 Å². The normalized spacial score (nSPS) is 23.6. The Morgan fingerprint density at radius 3 is 2.69 bits per heavy atom. The number of hydrogen-bond donors (Lipinski definition) is 0. The van der Waals surface area contributed by atoms with E-state index in [2.05, 4.69) is 25.3 Å². The molecule has 1 saturated heterocycles. The molecule has 0 N–H and O–H groups in total. The lowest BCUT2D eigenvalue weighted by atomic mass is 9.94. The van der Waals surface area contributed by atoms with Gasteiger partial charge in [0.1, 0.15) is 0 Å². The number of piperidine rings is 1. The Bertz CT molecular complexity index is 351. The summed E-state index contributed by atoms with van der Waals surface area (Å²) in [6.45, 7) is 9.93. The van der Waals surface area contributed by atoms with Gasteiger partial charge in [-0.25, -0.2) is 8.42 Å². The lowest BCUT2D eigenvalue weighted by Gasteiger charge is -2.35. The van der Waals surface area contributed by atoms with Crippen LogP contribution < -0.4 is 0 Å². The summed E-state index contributed by atoms with van der Waals surface area (Å²) in [6, 6.07) is 0.517. The average molecular weight is 266 g/mol. The molecule has 0 aromatic heterocycles. The predicted octanol–water partition coefficient (Wildman–Crippen LogP) is 2.58. The van der Waals surface area contributed by atoms with Crippen LogP contribution in [0.5, 0.6) is 0 Å². The first kappa shape index (κ1) is 14.0. The first-order valence-corrected chi connectivity index (χ1v) is 7.98. The van der Waals surface area contributed by atoms with Gasteiger partial charge in [0.2, 0.25) is 0 Å². The van der Waals surface area contributed by atoms with Crippen molar-refractivity contribution in [3.63, 3.8) is 0 Å². The third-order valence-corrected chi connectivity index (χ3v) is 4.65. The topological polar surface area (TPSA) is 37.4 Å². The van der Waals surface area contributed by atoms with Gasteiger partial charge < -0.3 is 4.90 Å². The number of hydrogen-bond acceptors (Lipinski definition) is 3. The van der Waals surface area contributed by atoms with Gasteiger partial charge >= 0.3 is 0 Å². The van der Waals surface area contributed by atoms with Crippen molar-refractivity contribution in [2.75, 3.05) is 13.1 Å². The molecule has 1 aliphatic heterocycles. The zero-order valence-electron chi connectivity index (χ0n) is 9.95. The second-order valence-electron chi connectivity index (χ2n) is 4.78. The van der Waals surface area contributed by atoms with Gasteiger partial charge in [-0.2, -0.15) is 0 Å². The minimum absolute atomic E-state index is 0.157. The second kappa shape index (κ2) is 5.52. The van der Waals surface area contributed by atoms with Gasteiger partial charge in [0.05, 0.1) is 4.91 Å². The largest absolute Gasteiger partial charge is 0.301 e. The number of nitrogens with zero attached hydrogens (tertiary/aromatic N) is 1. The molecule has 0 aliphatic carbocycles. The summed E-state index contributed by atoms with van der Waals surface area (Å²) >= 11 is 0. The van der Waals surface area contributed by atoms with Crippen molar-refractivity contribution < 1.29 is 8.42 Å². The van der Waals surface area contributed by atoms with Crippen LogP contribution in [-0.2, 0) is 9.05 Å². The molecule has 1 heterocycles. The Kier molecular flexibility index (Phi) is 4.83. The maximum atomic E-state index is 11.1. The highest BCUT2D eigenvalue weighted by Crippen LogP contribution is 2.26. The summed E-state index contributed by atoms with van der Waals surface area (Å²) in [6.07, 6.45) is 2.68. The van der Waals surface area contributed by atoms with Gasteiger partial charge in [-0.1, -0.05) is 6.58 Å². The van der Waals surface area contributed by atoms with Crippen molar-refractivity contribution in [1.29, 1.82) is 0 Å². The van der Waals surface area contributed by atoms with Gasteiger partial charge in [0.25, 0.3) is 9.05 Å². The van der Waals surface area contributed by atoms with Gasteiger partial charge in [0.15, 0.2) is 0 Å². The van der Waals surface area contributed by atoms with Crippen LogP contribution in [0.15, 0.2) is 11.5 Å². The minimum atomic E-state index is -3.58. The Morgan fingerprint density at radius 2 is 2.19 bits per heavy atom. The maximum Gasteiger partial charge on any atom is 0.256 e. The molecule has 94 valence electrons. The average Bonchev–Trinajstić information content (AvgIpc) is 2.16. The number of rotatable bonds is 4. The molecule has 0 amide bonds. The molecule has 16 heavy (non-hydrogen) atoms. The van der Waals surface area contributed by atoms with E-state index in [0.717, 1.165) is 25.9 Å². The van der Waals surface area contributed by atoms with E-state index in [4.69, 9.17) is 10.7 Å². The van der Waals surface area contributed by atoms with Crippen LogP contribution in [0, 0.1) is 5.92 Å². The molecule has 0 radical (unpaired) electrons.